The van der Waals surface area contributed by atoms with Crippen molar-refractivity contribution in [2.24, 2.45) is 0 Å². The van der Waals surface area contributed by atoms with Gasteiger partial charge >= 0.3 is 149 Å². The van der Waals surface area contributed by atoms with Crippen molar-refractivity contribution in [2.45, 2.75) is 34.6 Å². The van der Waals surface area contributed by atoms with E-state index < -0.39 is 18.4 Å². The van der Waals surface area contributed by atoms with Gasteiger partial charge in [-0.25, -0.2) is 0 Å². The number of carbonyl (C=O) groups is 1. The second-order valence-corrected chi connectivity index (χ2v) is 20.8. The van der Waals surface area contributed by atoms with E-state index in [4.69, 9.17) is 4.74 Å². The molecule has 3 nitrogen and oxygen atoms in total. The van der Waals surface area contributed by atoms with Crippen LogP contribution in [0.4, 0.5) is 5.69 Å². The van der Waals surface area contributed by atoms with E-state index in [0.717, 1.165) is 36.3 Å². The molecule has 2 aromatic carbocycles. The van der Waals surface area contributed by atoms with Gasteiger partial charge in [-0.2, -0.15) is 0 Å². The molecule has 0 bridgehead atoms. The van der Waals surface area contributed by atoms with E-state index in [2.05, 4.69) is 65.0 Å². The molecule has 27 heavy (non-hydrogen) atoms. The van der Waals surface area contributed by atoms with Crippen LogP contribution in [0.3, 0.4) is 0 Å². The van der Waals surface area contributed by atoms with Crippen LogP contribution in [0.5, 0.6) is 0 Å². The maximum absolute atomic E-state index is 13.0. The number of carbonyl (C=O) groups excluding carboxylic acids is 1. The molecule has 1 fully saturated rings. The summed E-state index contributed by atoms with van der Waals surface area (Å²) in [6, 6.07) is 18.6. The number of rotatable bonds is 5. The van der Waals surface area contributed by atoms with Crippen molar-refractivity contribution < 1.29 is 9.53 Å². The zero-order chi connectivity index (χ0) is 19.7. The third kappa shape index (κ3) is 6.65. The first-order chi connectivity index (χ1) is 13.0. The first kappa shape index (κ1) is 22.0. The molecular weight excluding hydrogens is 441 g/mol. The van der Waals surface area contributed by atoms with Crippen LogP contribution in [0.2, 0.25) is 9.88 Å². The van der Waals surface area contributed by atoms with Crippen molar-refractivity contribution in [1.82, 2.24) is 0 Å². The van der Waals surface area contributed by atoms with Gasteiger partial charge in [0, 0.05) is 0 Å². The average molecular weight is 474 g/mol. The Labute approximate surface area is 168 Å². The SMILES string of the molecule is CCC.[CH3][Sn]([CH3])([CH2]c1ccccc1)[C](=O)c1ccc(N2CCOCC2)cc1. The number of morpholine rings is 1. The van der Waals surface area contributed by atoms with Crippen LogP contribution >= 0.6 is 0 Å². The maximum atomic E-state index is 13.0. The topological polar surface area (TPSA) is 29.5 Å². The zero-order valence-electron chi connectivity index (χ0n) is 17.2. The molecular formula is C23H33NO2Sn. The summed E-state index contributed by atoms with van der Waals surface area (Å²) < 4.78 is 6.76. The summed E-state index contributed by atoms with van der Waals surface area (Å²) in [5.74, 6) is 0. The van der Waals surface area contributed by atoms with E-state index >= 15 is 0 Å². The summed E-state index contributed by atoms with van der Waals surface area (Å²) >= 11 is -2.84. The first-order valence-electron chi connectivity index (χ1n) is 9.99. The molecule has 1 aliphatic rings. The minimum atomic E-state index is -2.84. The summed E-state index contributed by atoms with van der Waals surface area (Å²) in [7, 11) is 0. The molecule has 0 atom stereocenters. The normalized spacial score (nSPS) is 14.3. The number of hydrogen-bond donors (Lipinski definition) is 0. The standard InChI is InChI=1S/C11H12NO2.C7H7.C3H8.2CH3.Sn/c13-9-10-1-3-11(4-2-10)12-5-7-14-8-6-12;1-7-5-3-2-4-6-7;1-3-2;;;/h1-4H,5-8H2;2-6H,1H2;3H2,1-2H3;2*1H3;. The third-order valence-electron chi connectivity index (χ3n) is 4.61. The molecule has 0 saturated carbocycles. The van der Waals surface area contributed by atoms with Gasteiger partial charge in [0.05, 0.1) is 0 Å². The van der Waals surface area contributed by atoms with Crippen molar-refractivity contribution in [2.75, 3.05) is 31.2 Å². The average Bonchev–Trinajstić information content (AvgIpc) is 2.69. The number of hydrogen-bond acceptors (Lipinski definition) is 3. The summed E-state index contributed by atoms with van der Waals surface area (Å²) in [5, 5.41) is 0. The number of nitrogens with zero attached hydrogens (tertiary/aromatic N) is 1. The van der Waals surface area contributed by atoms with Crippen molar-refractivity contribution in [3.63, 3.8) is 0 Å². The van der Waals surface area contributed by atoms with Gasteiger partial charge in [-0.05, 0) is 0 Å². The zero-order valence-corrected chi connectivity index (χ0v) is 20.1. The minimum absolute atomic E-state index is 0.404. The second-order valence-electron chi connectivity index (χ2n) is 7.73. The molecule has 0 spiro atoms. The van der Waals surface area contributed by atoms with Gasteiger partial charge in [-0.15, -0.1) is 0 Å². The van der Waals surface area contributed by atoms with Crippen LogP contribution in [-0.4, -0.2) is 48.5 Å². The van der Waals surface area contributed by atoms with Crippen molar-refractivity contribution in [3.8, 4) is 0 Å². The monoisotopic (exact) mass is 475 g/mol. The van der Waals surface area contributed by atoms with Crippen LogP contribution in [0.25, 0.3) is 0 Å². The molecule has 1 aliphatic heterocycles. The Hall–Kier alpha value is -1.33. The van der Waals surface area contributed by atoms with Gasteiger partial charge in [-0.3, -0.25) is 0 Å². The molecule has 3 rings (SSSR count). The molecule has 0 aromatic heterocycles. The second kappa shape index (κ2) is 10.9. The van der Waals surface area contributed by atoms with Crippen molar-refractivity contribution in [3.05, 3.63) is 65.7 Å². The third-order valence-corrected chi connectivity index (χ3v) is 12.6. The summed E-state index contributed by atoms with van der Waals surface area (Å²) in [4.78, 5) is 19.8. The Morgan fingerprint density at radius 3 is 2.07 bits per heavy atom. The Morgan fingerprint density at radius 2 is 1.52 bits per heavy atom. The van der Waals surface area contributed by atoms with Gasteiger partial charge in [-0.1, -0.05) is 20.3 Å². The van der Waals surface area contributed by atoms with E-state index in [0.29, 0.717) is 3.80 Å². The molecule has 146 valence electrons. The van der Waals surface area contributed by atoms with Crippen LogP contribution in [0.15, 0.2) is 54.6 Å². The molecule has 1 heterocycles. The molecule has 0 N–H and O–H groups in total. The number of anilines is 1. The Bertz CT molecular complexity index is 692. The van der Waals surface area contributed by atoms with Crippen LogP contribution in [0.1, 0.15) is 36.2 Å². The Balaban J connectivity index is 0.000000817. The fourth-order valence-electron chi connectivity index (χ4n) is 3.22. The van der Waals surface area contributed by atoms with E-state index in [1.165, 1.54) is 17.7 Å². The summed E-state index contributed by atoms with van der Waals surface area (Å²) in [6.45, 7) is 7.65. The van der Waals surface area contributed by atoms with Gasteiger partial charge in [0.2, 0.25) is 0 Å². The fraction of sp³-hybridized carbons (Fsp3) is 0.435. The molecule has 0 unspecified atom stereocenters. The van der Waals surface area contributed by atoms with Crippen LogP contribution in [-0.2, 0) is 9.17 Å². The molecule has 2 aromatic rings. The van der Waals surface area contributed by atoms with E-state index in [1.54, 1.807) is 0 Å². The van der Waals surface area contributed by atoms with Crippen LogP contribution < -0.4 is 4.90 Å². The summed E-state index contributed by atoms with van der Waals surface area (Å²) in [6.07, 6.45) is 1.25. The van der Waals surface area contributed by atoms with Gasteiger partial charge in [0.25, 0.3) is 0 Å². The predicted octanol–water partition coefficient (Wildman–Crippen LogP) is 5.15. The predicted molar refractivity (Wildman–Crippen MR) is 117 cm³/mol. The van der Waals surface area contributed by atoms with E-state index in [1.807, 2.05) is 18.2 Å². The molecule has 4 heteroatoms. The molecule has 0 aliphatic carbocycles. The quantitative estimate of drug-likeness (QED) is 0.562. The van der Waals surface area contributed by atoms with Crippen LogP contribution in [0, 0.1) is 0 Å². The summed E-state index contributed by atoms with van der Waals surface area (Å²) in [5.41, 5.74) is 3.35. The van der Waals surface area contributed by atoms with Gasteiger partial charge in [0.1, 0.15) is 0 Å². The fourth-order valence-corrected chi connectivity index (χ4v) is 9.97. The molecule has 0 radical (unpaired) electrons. The first-order valence-corrected chi connectivity index (χ1v) is 19.1. The van der Waals surface area contributed by atoms with E-state index in [9.17, 15) is 4.79 Å². The van der Waals surface area contributed by atoms with Crippen molar-refractivity contribution >= 4 is 27.9 Å². The number of ether oxygens (including phenoxy) is 1. The molecule has 0 amide bonds. The number of benzene rings is 2. The Kier molecular flexibility index (Phi) is 8.84. The van der Waals surface area contributed by atoms with Gasteiger partial charge in [0.15, 0.2) is 0 Å². The van der Waals surface area contributed by atoms with Gasteiger partial charge < -0.3 is 0 Å². The Morgan fingerprint density at radius 1 is 0.963 bits per heavy atom. The molecule has 1 saturated heterocycles. The van der Waals surface area contributed by atoms with Crippen molar-refractivity contribution in [1.29, 1.82) is 0 Å². The van der Waals surface area contributed by atoms with E-state index in [-0.39, 0.29) is 0 Å².